The second kappa shape index (κ2) is 6.78. The van der Waals surface area contributed by atoms with E-state index in [0.29, 0.717) is 19.0 Å². The third-order valence-electron chi connectivity index (χ3n) is 4.90. The predicted octanol–water partition coefficient (Wildman–Crippen LogP) is 0.214. The number of piperidine rings is 1. The van der Waals surface area contributed by atoms with E-state index < -0.39 is 10.0 Å². The average Bonchev–Trinajstić information content (AvgIpc) is 2.94. The third kappa shape index (κ3) is 4.24. The molecule has 2 aliphatic heterocycles. The summed E-state index contributed by atoms with van der Waals surface area (Å²) in [4.78, 5) is 4.84. The number of aromatic nitrogens is 2. The van der Waals surface area contributed by atoms with E-state index in [2.05, 4.69) is 21.1 Å². The Bertz CT molecular complexity index is 622. The van der Waals surface area contributed by atoms with Crippen LogP contribution in [0.5, 0.6) is 0 Å². The van der Waals surface area contributed by atoms with Crippen LogP contribution < -0.4 is 4.90 Å². The number of piperazine rings is 1. The summed E-state index contributed by atoms with van der Waals surface area (Å²) < 4.78 is 26.9. The number of sulfonamides is 1. The van der Waals surface area contributed by atoms with Crippen molar-refractivity contribution in [1.82, 2.24) is 19.0 Å². The van der Waals surface area contributed by atoms with Crippen molar-refractivity contribution < 1.29 is 8.42 Å². The van der Waals surface area contributed by atoms with Crippen LogP contribution in [0.4, 0.5) is 5.69 Å². The van der Waals surface area contributed by atoms with Gasteiger partial charge in [-0.3, -0.25) is 9.58 Å². The molecule has 1 atom stereocenters. The molecule has 1 aromatic heterocycles. The largest absolute Gasteiger partial charge is 0.366 e. The second-order valence-electron chi connectivity index (χ2n) is 6.79. The van der Waals surface area contributed by atoms with Gasteiger partial charge in [0.15, 0.2) is 0 Å². The molecule has 0 saturated carbocycles. The topological polar surface area (TPSA) is 61.7 Å². The van der Waals surface area contributed by atoms with Crippen LogP contribution in [0.1, 0.15) is 12.8 Å². The van der Waals surface area contributed by atoms with E-state index >= 15 is 0 Å². The number of aryl methyl sites for hydroxylation is 1. The predicted molar refractivity (Wildman–Crippen MR) is 91.0 cm³/mol. The summed E-state index contributed by atoms with van der Waals surface area (Å²) in [7, 11) is -1.10. The van der Waals surface area contributed by atoms with Crippen molar-refractivity contribution in [2.45, 2.75) is 12.8 Å². The van der Waals surface area contributed by atoms with Crippen LogP contribution in [0.15, 0.2) is 12.4 Å². The Morgan fingerprint density at radius 1 is 1.22 bits per heavy atom. The van der Waals surface area contributed by atoms with Crippen LogP contribution in [0.25, 0.3) is 0 Å². The minimum atomic E-state index is -3.04. The fourth-order valence-electron chi connectivity index (χ4n) is 3.60. The molecule has 2 saturated heterocycles. The van der Waals surface area contributed by atoms with Gasteiger partial charge in [0, 0.05) is 59.1 Å². The summed E-state index contributed by atoms with van der Waals surface area (Å²) in [5.74, 6) is 0.461. The highest BCUT2D eigenvalue weighted by Gasteiger charge is 2.28. The zero-order chi connectivity index (χ0) is 16.4. The number of anilines is 1. The maximum Gasteiger partial charge on any atom is 0.211 e. The van der Waals surface area contributed by atoms with Crippen molar-refractivity contribution in [3.05, 3.63) is 12.4 Å². The van der Waals surface area contributed by atoms with Gasteiger partial charge < -0.3 is 4.90 Å². The quantitative estimate of drug-likeness (QED) is 0.784. The number of hydrogen-bond donors (Lipinski definition) is 0. The molecule has 0 bridgehead atoms. The first-order chi connectivity index (χ1) is 10.9. The lowest BCUT2D eigenvalue weighted by Gasteiger charge is -2.39. The number of nitrogens with zero attached hydrogens (tertiary/aromatic N) is 5. The van der Waals surface area contributed by atoms with Gasteiger partial charge in [0.25, 0.3) is 0 Å². The molecule has 2 fully saturated rings. The molecule has 0 N–H and O–H groups in total. The number of hydrogen-bond acceptors (Lipinski definition) is 5. The lowest BCUT2D eigenvalue weighted by molar-refractivity contribution is 0.172. The van der Waals surface area contributed by atoms with Crippen LogP contribution >= 0.6 is 0 Å². The monoisotopic (exact) mass is 341 g/mol. The summed E-state index contributed by atoms with van der Waals surface area (Å²) in [5.41, 5.74) is 1.19. The zero-order valence-electron chi connectivity index (χ0n) is 14.1. The lowest BCUT2D eigenvalue weighted by atomic mass is 9.99. The normalized spacial score (nSPS) is 25.0. The molecule has 0 amide bonds. The molecule has 2 aliphatic rings. The van der Waals surface area contributed by atoms with E-state index in [1.165, 1.54) is 11.9 Å². The van der Waals surface area contributed by atoms with Gasteiger partial charge >= 0.3 is 0 Å². The molecule has 23 heavy (non-hydrogen) atoms. The first-order valence-corrected chi connectivity index (χ1v) is 10.2. The van der Waals surface area contributed by atoms with E-state index in [-0.39, 0.29) is 0 Å². The van der Waals surface area contributed by atoms with E-state index in [9.17, 15) is 8.42 Å². The maximum atomic E-state index is 11.7. The van der Waals surface area contributed by atoms with Crippen LogP contribution in [0.2, 0.25) is 0 Å². The van der Waals surface area contributed by atoms with Gasteiger partial charge in [0.1, 0.15) is 0 Å². The summed E-state index contributed by atoms with van der Waals surface area (Å²) in [5, 5.41) is 4.23. The zero-order valence-corrected chi connectivity index (χ0v) is 14.9. The van der Waals surface area contributed by atoms with Gasteiger partial charge in [-0.2, -0.15) is 5.10 Å². The van der Waals surface area contributed by atoms with E-state index in [4.69, 9.17) is 0 Å². The van der Waals surface area contributed by atoms with Gasteiger partial charge in [0.2, 0.25) is 10.0 Å². The second-order valence-corrected chi connectivity index (χ2v) is 8.77. The minimum Gasteiger partial charge on any atom is -0.366 e. The summed E-state index contributed by atoms with van der Waals surface area (Å²) >= 11 is 0. The highest BCUT2D eigenvalue weighted by molar-refractivity contribution is 7.88. The molecule has 0 spiro atoms. The van der Waals surface area contributed by atoms with Gasteiger partial charge in [-0.25, -0.2) is 12.7 Å². The van der Waals surface area contributed by atoms with Crippen LogP contribution in [0.3, 0.4) is 0 Å². The molecule has 8 heteroatoms. The third-order valence-corrected chi connectivity index (χ3v) is 6.17. The Labute approximate surface area is 138 Å². The molecule has 0 radical (unpaired) electrons. The Morgan fingerprint density at radius 3 is 2.57 bits per heavy atom. The van der Waals surface area contributed by atoms with E-state index in [1.54, 1.807) is 4.31 Å². The van der Waals surface area contributed by atoms with Gasteiger partial charge in [-0.05, 0) is 18.8 Å². The van der Waals surface area contributed by atoms with Crippen molar-refractivity contribution in [3.63, 3.8) is 0 Å². The number of rotatable bonds is 4. The lowest BCUT2D eigenvalue weighted by Crippen LogP contribution is -2.50. The van der Waals surface area contributed by atoms with E-state index in [0.717, 1.165) is 45.6 Å². The van der Waals surface area contributed by atoms with Crippen molar-refractivity contribution in [2.75, 3.05) is 57.0 Å². The molecular formula is C15H27N5O2S. The Balaban J connectivity index is 1.49. The van der Waals surface area contributed by atoms with Crippen molar-refractivity contribution >= 4 is 15.7 Å². The fourth-order valence-corrected chi connectivity index (χ4v) is 4.54. The van der Waals surface area contributed by atoms with Crippen LogP contribution in [-0.2, 0) is 17.1 Å². The Kier molecular flexibility index (Phi) is 4.93. The molecule has 3 rings (SSSR count). The van der Waals surface area contributed by atoms with Crippen molar-refractivity contribution in [3.8, 4) is 0 Å². The summed E-state index contributed by atoms with van der Waals surface area (Å²) in [6.07, 6.45) is 7.41. The van der Waals surface area contributed by atoms with Crippen LogP contribution in [0, 0.1) is 5.92 Å². The summed E-state index contributed by atoms with van der Waals surface area (Å²) in [6, 6.07) is 0. The van der Waals surface area contributed by atoms with Crippen molar-refractivity contribution in [1.29, 1.82) is 0 Å². The van der Waals surface area contributed by atoms with Crippen molar-refractivity contribution in [2.24, 2.45) is 13.0 Å². The Morgan fingerprint density at radius 2 is 1.96 bits per heavy atom. The molecule has 3 heterocycles. The summed E-state index contributed by atoms with van der Waals surface area (Å²) in [6.45, 7) is 6.45. The average molecular weight is 341 g/mol. The maximum absolute atomic E-state index is 11.7. The molecule has 0 unspecified atom stereocenters. The van der Waals surface area contributed by atoms with E-state index in [1.807, 2.05) is 17.9 Å². The SMILES string of the molecule is Cn1cc(N2CCN(C[C@H]3CCCN(S(C)(=O)=O)C3)CC2)cn1. The minimum absolute atomic E-state index is 0.461. The standard InChI is InChI=1S/C15H27N5O2S/c1-17-13-15(10-16-17)19-8-6-18(7-9-19)11-14-4-3-5-20(12-14)23(2,21)22/h10,13-14H,3-9,11-12H2,1-2H3/t14-/m1/s1. The first-order valence-electron chi connectivity index (χ1n) is 8.33. The van der Waals surface area contributed by atoms with Crippen LogP contribution in [-0.4, -0.2) is 79.5 Å². The molecule has 7 nitrogen and oxygen atoms in total. The molecule has 1 aromatic rings. The molecule has 0 aliphatic carbocycles. The Hall–Kier alpha value is -1.12. The van der Waals surface area contributed by atoms with Gasteiger partial charge in [-0.15, -0.1) is 0 Å². The first kappa shape index (κ1) is 16.7. The van der Waals surface area contributed by atoms with Gasteiger partial charge in [-0.1, -0.05) is 0 Å². The molecule has 0 aromatic carbocycles. The fraction of sp³-hybridized carbons (Fsp3) is 0.800. The smallest absolute Gasteiger partial charge is 0.211 e. The molecular weight excluding hydrogens is 314 g/mol. The van der Waals surface area contributed by atoms with Gasteiger partial charge in [0.05, 0.1) is 18.1 Å². The highest BCUT2D eigenvalue weighted by atomic mass is 32.2. The molecule has 130 valence electrons. The highest BCUT2D eigenvalue weighted by Crippen LogP contribution is 2.21.